The molecule has 0 saturated carbocycles. The molecule has 100 valence electrons. The predicted molar refractivity (Wildman–Crippen MR) is 71.7 cm³/mol. The maximum Gasteiger partial charge on any atom is 0.371 e. The number of fused-ring (bicyclic) bond motifs is 1. The largest absolute Gasteiger partial charge is 0.487 e. The van der Waals surface area contributed by atoms with Gasteiger partial charge in [-0.25, -0.2) is 4.79 Å². The lowest BCUT2D eigenvalue weighted by Gasteiger charge is -2.06. The first-order valence-electron chi connectivity index (χ1n) is 6.01. The van der Waals surface area contributed by atoms with Crippen molar-refractivity contribution in [3.63, 3.8) is 0 Å². The molecule has 0 radical (unpaired) electrons. The minimum absolute atomic E-state index is 0.0752. The van der Waals surface area contributed by atoms with E-state index in [0.717, 1.165) is 10.9 Å². The van der Waals surface area contributed by atoms with Crippen LogP contribution in [0, 0.1) is 0 Å². The number of carbonyl (C=O) groups is 1. The molecule has 1 aromatic carbocycles. The number of nitrogens with zero attached hydrogens (tertiary/aromatic N) is 1. The Labute approximate surface area is 114 Å². The van der Waals surface area contributed by atoms with Gasteiger partial charge in [0.05, 0.1) is 6.20 Å². The van der Waals surface area contributed by atoms with Crippen molar-refractivity contribution in [1.82, 2.24) is 4.98 Å². The zero-order valence-electron chi connectivity index (χ0n) is 10.4. The molecule has 3 aromatic rings. The molecular weight excluding hydrogens is 258 g/mol. The molecule has 0 fully saturated rings. The second-order valence-corrected chi connectivity index (χ2v) is 4.22. The minimum atomic E-state index is -1.08. The van der Waals surface area contributed by atoms with Gasteiger partial charge in [-0.3, -0.25) is 4.98 Å². The van der Waals surface area contributed by atoms with E-state index in [4.69, 9.17) is 14.3 Å². The number of carboxylic acid groups (broad SMARTS) is 1. The van der Waals surface area contributed by atoms with Gasteiger partial charge in [-0.1, -0.05) is 12.1 Å². The molecule has 0 amide bonds. The summed E-state index contributed by atoms with van der Waals surface area (Å²) in [5, 5.41) is 9.70. The number of ether oxygens (including phenoxy) is 1. The van der Waals surface area contributed by atoms with E-state index in [9.17, 15) is 4.79 Å². The van der Waals surface area contributed by atoms with Crippen molar-refractivity contribution in [1.29, 1.82) is 0 Å². The van der Waals surface area contributed by atoms with Gasteiger partial charge in [0.15, 0.2) is 0 Å². The number of furan rings is 1. The lowest BCUT2D eigenvalue weighted by atomic mass is 10.1. The Balaban J connectivity index is 1.89. The van der Waals surface area contributed by atoms with Crippen molar-refractivity contribution >= 4 is 16.9 Å². The Morgan fingerprint density at radius 2 is 2.20 bits per heavy atom. The van der Waals surface area contributed by atoms with Gasteiger partial charge in [-0.05, 0) is 24.3 Å². The van der Waals surface area contributed by atoms with E-state index < -0.39 is 5.97 Å². The molecule has 5 heteroatoms. The van der Waals surface area contributed by atoms with Gasteiger partial charge in [0.1, 0.15) is 17.9 Å². The van der Waals surface area contributed by atoms with Crippen LogP contribution in [0.25, 0.3) is 11.0 Å². The van der Waals surface area contributed by atoms with Crippen molar-refractivity contribution in [2.75, 3.05) is 0 Å². The maximum atomic E-state index is 10.9. The molecular formula is C15H11NO4. The first-order valence-corrected chi connectivity index (χ1v) is 6.01. The van der Waals surface area contributed by atoms with Crippen molar-refractivity contribution in [3.8, 4) is 5.75 Å². The molecule has 0 aliphatic carbocycles. The molecule has 0 aliphatic heterocycles. The third-order valence-corrected chi connectivity index (χ3v) is 2.89. The van der Waals surface area contributed by atoms with Gasteiger partial charge in [0, 0.05) is 17.1 Å². The first-order chi connectivity index (χ1) is 9.74. The van der Waals surface area contributed by atoms with Gasteiger partial charge >= 0.3 is 5.97 Å². The summed E-state index contributed by atoms with van der Waals surface area (Å²) in [5.41, 5.74) is 1.40. The monoisotopic (exact) mass is 269 g/mol. The Bertz CT molecular complexity index is 749. The summed E-state index contributed by atoms with van der Waals surface area (Å²) >= 11 is 0. The third-order valence-electron chi connectivity index (χ3n) is 2.89. The average molecular weight is 269 g/mol. The smallest absolute Gasteiger partial charge is 0.371 e. The van der Waals surface area contributed by atoms with E-state index in [-0.39, 0.29) is 5.76 Å². The van der Waals surface area contributed by atoms with Crippen molar-refractivity contribution in [3.05, 3.63) is 60.1 Å². The van der Waals surface area contributed by atoms with Gasteiger partial charge in [-0.15, -0.1) is 0 Å². The predicted octanol–water partition coefficient (Wildman–Crippen LogP) is 3.11. The zero-order valence-corrected chi connectivity index (χ0v) is 10.4. The van der Waals surface area contributed by atoms with E-state index >= 15 is 0 Å². The molecule has 1 N–H and O–H groups in total. The molecule has 0 bridgehead atoms. The lowest BCUT2D eigenvalue weighted by molar-refractivity contribution is 0.0665. The number of aromatic carboxylic acids is 1. The lowest BCUT2D eigenvalue weighted by Crippen LogP contribution is -1.96. The molecule has 0 atom stereocenters. The van der Waals surface area contributed by atoms with E-state index in [1.807, 2.05) is 12.1 Å². The fraction of sp³-hybridized carbons (Fsp3) is 0.0667. The molecule has 0 aliphatic rings. The molecule has 3 rings (SSSR count). The molecule has 5 nitrogen and oxygen atoms in total. The van der Waals surface area contributed by atoms with E-state index in [2.05, 4.69) is 4.98 Å². The second-order valence-electron chi connectivity index (χ2n) is 4.22. The summed E-state index contributed by atoms with van der Waals surface area (Å²) < 4.78 is 10.9. The van der Waals surface area contributed by atoms with Crippen LogP contribution < -0.4 is 4.74 Å². The molecule has 0 spiro atoms. The standard InChI is InChI=1S/C15H11NO4/c17-15(18)14-7-12-10(3-1-5-13(12)20-14)9-19-11-4-2-6-16-8-11/h1-8H,9H2,(H,17,18). The highest BCUT2D eigenvalue weighted by Crippen LogP contribution is 2.24. The summed E-state index contributed by atoms with van der Waals surface area (Å²) in [6.45, 7) is 0.321. The molecule has 20 heavy (non-hydrogen) atoms. The molecule has 0 saturated heterocycles. The van der Waals surface area contributed by atoms with Crippen LogP contribution >= 0.6 is 0 Å². The minimum Gasteiger partial charge on any atom is -0.487 e. The van der Waals surface area contributed by atoms with Crippen LogP contribution in [-0.2, 0) is 6.61 Å². The van der Waals surface area contributed by atoms with Gasteiger partial charge in [0.2, 0.25) is 5.76 Å². The summed E-state index contributed by atoms with van der Waals surface area (Å²) in [6, 6.07) is 10.5. The number of carboxylic acids is 1. The highest BCUT2D eigenvalue weighted by Gasteiger charge is 2.13. The number of aromatic nitrogens is 1. The van der Waals surface area contributed by atoms with Crippen LogP contribution in [-0.4, -0.2) is 16.1 Å². The van der Waals surface area contributed by atoms with Gasteiger partial charge in [0.25, 0.3) is 0 Å². The van der Waals surface area contributed by atoms with Crippen LogP contribution in [0.2, 0.25) is 0 Å². The normalized spacial score (nSPS) is 10.6. The fourth-order valence-electron chi connectivity index (χ4n) is 1.95. The van der Waals surface area contributed by atoms with Crippen LogP contribution in [0.1, 0.15) is 16.1 Å². The highest BCUT2D eigenvalue weighted by molar-refractivity contribution is 5.92. The van der Waals surface area contributed by atoms with Crippen LogP contribution in [0.3, 0.4) is 0 Å². The van der Waals surface area contributed by atoms with Gasteiger partial charge < -0.3 is 14.3 Å². The van der Waals surface area contributed by atoms with Crippen LogP contribution in [0.15, 0.2) is 53.2 Å². The topological polar surface area (TPSA) is 72.6 Å². The van der Waals surface area contributed by atoms with Gasteiger partial charge in [-0.2, -0.15) is 0 Å². The summed E-state index contributed by atoms with van der Waals surface area (Å²) in [6.07, 6.45) is 3.29. The number of hydrogen-bond acceptors (Lipinski definition) is 4. The third kappa shape index (κ3) is 2.33. The molecule has 2 aromatic heterocycles. The van der Waals surface area contributed by atoms with E-state index in [1.54, 1.807) is 30.6 Å². The Hall–Kier alpha value is -2.82. The number of hydrogen-bond donors (Lipinski definition) is 1. The zero-order chi connectivity index (χ0) is 13.9. The van der Waals surface area contributed by atoms with Crippen molar-refractivity contribution in [2.24, 2.45) is 0 Å². The highest BCUT2D eigenvalue weighted by atomic mass is 16.5. The van der Waals surface area contributed by atoms with Crippen LogP contribution in [0.4, 0.5) is 0 Å². The number of pyridine rings is 1. The van der Waals surface area contributed by atoms with Crippen molar-refractivity contribution < 1.29 is 19.1 Å². The Morgan fingerprint density at radius 3 is 2.95 bits per heavy atom. The fourth-order valence-corrected chi connectivity index (χ4v) is 1.95. The molecule has 2 heterocycles. The average Bonchev–Trinajstić information content (AvgIpc) is 2.91. The summed E-state index contributed by atoms with van der Waals surface area (Å²) in [7, 11) is 0. The first kappa shape index (κ1) is 12.2. The quantitative estimate of drug-likeness (QED) is 0.787. The Morgan fingerprint density at radius 1 is 1.30 bits per heavy atom. The maximum absolute atomic E-state index is 10.9. The summed E-state index contributed by atoms with van der Waals surface area (Å²) in [4.78, 5) is 14.9. The molecule has 0 unspecified atom stereocenters. The van der Waals surface area contributed by atoms with E-state index in [0.29, 0.717) is 17.9 Å². The summed E-state index contributed by atoms with van der Waals surface area (Å²) in [5.74, 6) is -0.499. The van der Waals surface area contributed by atoms with Crippen LogP contribution in [0.5, 0.6) is 5.75 Å². The number of benzene rings is 1. The Kier molecular flexibility index (Phi) is 3.09. The second kappa shape index (κ2) is 5.05. The van der Waals surface area contributed by atoms with Crippen molar-refractivity contribution in [2.45, 2.75) is 6.61 Å². The SMILES string of the molecule is O=C(O)c1cc2c(COc3cccnc3)cccc2o1. The number of rotatable bonds is 4. The van der Waals surface area contributed by atoms with E-state index in [1.165, 1.54) is 6.07 Å².